The molecule has 0 saturated carbocycles. The maximum atomic E-state index is 13.0. The number of benzene rings is 2. The van der Waals surface area contributed by atoms with E-state index in [2.05, 4.69) is 5.32 Å². The van der Waals surface area contributed by atoms with E-state index < -0.39 is 17.5 Å². The first-order valence-electron chi connectivity index (χ1n) is 8.53. The number of rotatable bonds is 4. The van der Waals surface area contributed by atoms with Gasteiger partial charge in [-0.3, -0.25) is 14.5 Å². The summed E-state index contributed by atoms with van der Waals surface area (Å²) in [6, 6.07) is 11.1. The molecule has 4 amide bonds. The van der Waals surface area contributed by atoms with Gasteiger partial charge < -0.3 is 10.2 Å². The van der Waals surface area contributed by atoms with Gasteiger partial charge in [0.2, 0.25) is 0 Å². The molecule has 0 aromatic heterocycles. The van der Waals surface area contributed by atoms with Crippen molar-refractivity contribution >= 4 is 41.0 Å². The van der Waals surface area contributed by atoms with Crippen LogP contribution in [0.3, 0.4) is 0 Å². The van der Waals surface area contributed by atoms with Crippen LogP contribution in [0.25, 0.3) is 0 Å². The number of hydrogen-bond acceptors (Lipinski definition) is 3. The monoisotopic (exact) mass is 419 g/mol. The molecule has 0 spiro atoms. The van der Waals surface area contributed by atoms with Gasteiger partial charge in [-0.1, -0.05) is 41.4 Å². The number of halogens is 2. The van der Waals surface area contributed by atoms with E-state index in [-0.39, 0.29) is 12.5 Å². The van der Waals surface area contributed by atoms with E-state index in [9.17, 15) is 14.4 Å². The van der Waals surface area contributed by atoms with Crippen molar-refractivity contribution in [1.82, 2.24) is 15.1 Å². The summed E-state index contributed by atoms with van der Waals surface area (Å²) in [5.41, 5.74) is 0.458. The molecule has 1 unspecified atom stereocenters. The van der Waals surface area contributed by atoms with E-state index in [0.29, 0.717) is 21.2 Å². The average Bonchev–Trinajstić information content (AvgIpc) is 2.85. The molecule has 146 valence electrons. The summed E-state index contributed by atoms with van der Waals surface area (Å²) in [5, 5.41) is 3.47. The van der Waals surface area contributed by atoms with E-state index >= 15 is 0 Å². The van der Waals surface area contributed by atoms with Crippen LogP contribution < -0.4 is 5.32 Å². The van der Waals surface area contributed by atoms with Crippen LogP contribution in [0.1, 0.15) is 28.4 Å². The summed E-state index contributed by atoms with van der Waals surface area (Å²) < 4.78 is 0. The lowest BCUT2D eigenvalue weighted by Crippen LogP contribution is -2.41. The highest BCUT2D eigenvalue weighted by Gasteiger charge is 2.49. The lowest BCUT2D eigenvalue weighted by Gasteiger charge is -2.23. The lowest BCUT2D eigenvalue weighted by atomic mass is 9.92. The van der Waals surface area contributed by atoms with E-state index in [0.717, 1.165) is 10.5 Å². The number of nitrogens with zero attached hydrogens (tertiary/aromatic N) is 2. The molecule has 1 heterocycles. The molecule has 0 bridgehead atoms. The van der Waals surface area contributed by atoms with Gasteiger partial charge in [0.05, 0.1) is 6.54 Å². The highest BCUT2D eigenvalue weighted by atomic mass is 35.5. The van der Waals surface area contributed by atoms with Crippen LogP contribution in [-0.4, -0.2) is 41.7 Å². The summed E-state index contributed by atoms with van der Waals surface area (Å²) in [4.78, 5) is 40.1. The quantitative estimate of drug-likeness (QED) is 0.768. The van der Waals surface area contributed by atoms with Crippen molar-refractivity contribution in [1.29, 1.82) is 0 Å². The first-order chi connectivity index (χ1) is 13.1. The number of carbonyl (C=O) groups is 3. The SMILES string of the molecule is CN(C)C(=O)c1ccc(CN2C(=O)NC(C)(c3ccc(Cl)cc3Cl)C2=O)cc1. The van der Waals surface area contributed by atoms with Crippen LogP contribution in [0.15, 0.2) is 42.5 Å². The summed E-state index contributed by atoms with van der Waals surface area (Å²) in [6.07, 6.45) is 0. The average molecular weight is 420 g/mol. The van der Waals surface area contributed by atoms with Crippen molar-refractivity contribution in [2.24, 2.45) is 0 Å². The number of imide groups is 1. The second-order valence-electron chi connectivity index (χ2n) is 6.97. The van der Waals surface area contributed by atoms with Crippen molar-refractivity contribution in [2.75, 3.05) is 14.1 Å². The predicted octanol–water partition coefficient (Wildman–Crippen LogP) is 3.66. The molecule has 28 heavy (non-hydrogen) atoms. The second-order valence-corrected chi connectivity index (χ2v) is 7.81. The number of nitrogens with one attached hydrogen (secondary N) is 1. The maximum absolute atomic E-state index is 13.0. The zero-order valence-electron chi connectivity index (χ0n) is 15.6. The largest absolute Gasteiger partial charge is 0.345 e. The standard InChI is InChI=1S/C20H19Cl2N3O3/c1-20(15-9-8-14(21)10-16(15)22)18(27)25(19(28)23-20)11-12-4-6-13(7-5-12)17(26)24(2)3/h4-10H,11H2,1-3H3,(H,23,28). The number of amides is 4. The van der Waals surface area contributed by atoms with E-state index in [1.807, 2.05) is 0 Å². The van der Waals surface area contributed by atoms with Crippen molar-refractivity contribution in [3.05, 3.63) is 69.2 Å². The Bertz CT molecular complexity index is 960. The summed E-state index contributed by atoms with van der Waals surface area (Å²) >= 11 is 12.2. The fourth-order valence-corrected chi connectivity index (χ4v) is 3.71. The van der Waals surface area contributed by atoms with Crippen LogP contribution in [0.2, 0.25) is 10.0 Å². The fourth-order valence-electron chi connectivity index (χ4n) is 3.11. The van der Waals surface area contributed by atoms with Gasteiger partial charge in [0.15, 0.2) is 0 Å². The third-order valence-corrected chi connectivity index (χ3v) is 5.24. The van der Waals surface area contributed by atoms with Gasteiger partial charge in [-0.05, 0) is 36.8 Å². The first-order valence-corrected chi connectivity index (χ1v) is 9.29. The molecular formula is C20H19Cl2N3O3. The van der Waals surface area contributed by atoms with Crippen molar-refractivity contribution in [3.8, 4) is 0 Å². The minimum absolute atomic E-state index is 0.0852. The van der Waals surface area contributed by atoms with Crippen molar-refractivity contribution in [2.45, 2.75) is 19.0 Å². The van der Waals surface area contributed by atoms with Crippen molar-refractivity contribution in [3.63, 3.8) is 0 Å². The molecule has 3 rings (SSSR count). The van der Waals surface area contributed by atoms with Gasteiger partial charge in [0.25, 0.3) is 11.8 Å². The Labute approximate surface area is 173 Å². The van der Waals surface area contributed by atoms with E-state index in [1.54, 1.807) is 57.4 Å². The van der Waals surface area contributed by atoms with Crippen LogP contribution in [0.4, 0.5) is 4.79 Å². The Morgan fingerprint density at radius 1 is 1.11 bits per heavy atom. The zero-order valence-corrected chi connectivity index (χ0v) is 17.1. The normalized spacial score (nSPS) is 19.0. The molecule has 8 heteroatoms. The highest BCUT2D eigenvalue weighted by Crippen LogP contribution is 2.35. The van der Waals surface area contributed by atoms with Gasteiger partial charge in [-0.15, -0.1) is 0 Å². The van der Waals surface area contributed by atoms with Gasteiger partial charge in [0.1, 0.15) is 5.54 Å². The smallest absolute Gasteiger partial charge is 0.325 e. The Kier molecular flexibility index (Phi) is 5.37. The molecule has 6 nitrogen and oxygen atoms in total. The third kappa shape index (κ3) is 3.57. The van der Waals surface area contributed by atoms with Gasteiger partial charge in [0, 0.05) is 35.3 Å². The minimum atomic E-state index is -1.28. The molecule has 2 aromatic carbocycles. The Morgan fingerprint density at radius 3 is 2.32 bits per heavy atom. The molecule has 0 radical (unpaired) electrons. The molecule has 1 fully saturated rings. The molecule has 0 aliphatic carbocycles. The number of carbonyl (C=O) groups excluding carboxylic acids is 3. The van der Waals surface area contributed by atoms with Crippen LogP contribution in [0, 0.1) is 0 Å². The fraction of sp³-hybridized carbons (Fsp3) is 0.250. The topological polar surface area (TPSA) is 69.7 Å². The first kappa shape index (κ1) is 20.2. The molecule has 1 saturated heterocycles. The van der Waals surface area contributed by atoms with E-state index in [4.69, 9.17) is 23.2 Å². The van der Waals surface area contributed by atoms with Gasteiger partial charge in [-0.2, -0.15) is 0 Å². The number of hydrogen-bond donors (Lipinski definition) is 1. The highest BCUT2D eigenvalue weighted by molar-refractivity contribution is 6.35. The predicted molar refractivity (Wildman–Crippen MR) is 107 cm³/mol. The van der Waals surface area contributed by atoms with Gasteiger partial charge >= 0.3 is 6.03 Å². The molecule has 1 aliphatic heterocycles. The molecule has 1 atom stereocenters. The van der Waals surface area contributed by atoms with Crippen LogP contribution >= 0.6 is 23.2 Å². The number of urea groups is 1. The Hall–Kier alpha value is -2.57. The van der Waals surface area contributed by atoms with Gasteiger partial charge in [-0.25, -0.2) is 4.79 Å². The Balaban J connectivity index is 1.83. The minimum Gasteiger partial charge on any atom is -0.345 e. The molecule has 2 aromatic rings. The van der Waals surface area contributed by atoms with Crippen LogP contribution in [-0.2, 0) is 16.9 Å². The third-order valence-electron chi connectivity index (χ3n) is 4.69. The molecule has 1 N–H and O–H groups in total. The molecule has 1 aliphatic rings. The van der Waals surface area contributed by atoms with Crippen LogP contribution in [0.5, 0.6) is 0 Å². The molecular weight excluding hydrogens is 401 g/mol. The Morgan fingerprint density at radius 2 is 1.75 bits per heavy atom. The summed E-state index contributed by atoms with van der Waals surface area (Å²) in [5.74, 6) is -0.526. The zero-order chi connectivity index (χ0) is 20.6. The summed E-state index contributed by atoms with van der Waals surface area (Å²) in [7, 11) is 3.35. The van der Waals surface area contributed by atoms with Crippen molar-refractivity contribution < 1.29 is 14.4 Å². The summed E-state index contributed by atoms with van der Waals surface area (Å²) in [6.45, 7) is 1.70. The lowest BCUT2D eigenvalue weighted by molar-refractivity contribution is -0.131. The van der Waals surface area contributed by atoms with E-state index in [1.165, 1.54) is 11.0 Å². The maximum Gasteiger partial charge on any atom is 0.325 e. The second kappa shape index (κ2) is 7.45.